The van der Waals surface area contributed by atoms with Gasteiger partial charge >= 0.3 is 11.9 Å². The summed E-state index contributed by atoms with van der Waals surface area (Å²) in [5.74, 6) is -0.796. The van der Waals surface area contributed by atoms with Gasteiger partial charge in [-0.3, -0.25) is 4.79 Å². The van der Waals surface area contributed by atoms with E-state index in [1.807, 2.05) is 44.2 Å². The minimum Gasteiger partial charge on any atom is -0.465 e. The second-order valence-electron chi connectivity index (χ2n) is 6.73. The maximum atomic E-state index is 12.5. The third-order valence-corrected chi connectivity index (χ3v) is 4.18. The average Bonchev–Trinajstić information content (AvgIpc) is 3.04. The van der Waals surface area contributed by atoms with E-state index in [4.69, 9.17) is 9.15 Å². The van der Waals surface area contributed by atoms with Crippen LogP contribution in [-0.4, -0.2) is 31.0 Å². The zero-order chi connectivity index (χ0) is 20.7. The molecule has 0 aliphatic rings. The van der Waals surface area contributed by atoms with Gasteiger partial charge in [-0.05, 0) is 24.5 Å². The Bertz CT molecular complexity index is 825. The van der Waals surface area contributed by atoms with Crippen LogP contribution in [0.4, 0.5) is 0 Å². The molecule has 0 unspecified atom stereocenters. The molecule has 0 aliphatic carbocycles. The zero-order valence-corrected chi connectivity index (χ0v) is 16.5. The van der Waals surface area contributed by atoms with Gasteiger partial charge in [0.05, 0.1) is 13.5 Å². The number of carbonyl (C=O) groups is 3. The van der Waals surface area contributed by atoms with Crippen molar-refractivity contribution < 1.29 is 28.3 Å². The highest BCUT2D eigenvalue weighted by atomic mass is 16.5. The number of amides is 1. The van der Waals surface area contributed by atoms with Crippen molar-refractivity contribution in [1.29, 1.82) is 0 Å². The Balaban J connectivity index is 1.95. The Morgan fingerprint density at radius 2 is 1.82 bits per heavy atom. The molecule has 2 rings (SSSR count). The average molecular weight is 387 g/mol. The molecule has 2 aromatic rings. The molecule has 0 fully saturated rings. The van der Waals surface area contributed by atoms with E-state index in [1.165, 1.54) is 13.2 Å². The maximum Gasteiger partial charge on any atom is 0.341 e. The van der Waals surface area contributed by atoms with Crippen LogP contribution in [0.25, 0.3) is 0 Å². The van der Waals surface area contributed by atoms with Crippen molar-refractivity contribution in [2.45, 2.75) is 39.8 Å². The van der Waals surface area contributed by atoms with Crippen LogP contribution in [0, 0.1) is 12.8 Å². The molecule has 1 aromatic carbocycles. The number of carbonyl (C=O) groups excluding carboxylic acids is 3. The number of esters is 2. The van der Waals surface area contributed by atoms with E-state index in [2.05, 4.69) is 10.1 Å². The minimum atomic E-state index is -0.785. The summed E-state index contributed by atoms with van der Waals surface area (Å²) in [6.45, 7) is 5.12. The SMILES string of the molecule is COC(=O)c1cc(COC(=O)[C@@H](NC(=O)Cc2ccccc2)C(C)C)oc1C. The van der Waals surface area contributed by atoms with Crippen LogP contribution < -0.4 is 5.32 Å². The number of rotatable bonds is 8. The first-order chi connectivity index (χ1) is 13.3. The lowest BCUT2D eigenvalue weighted by Gasteiger charge is -2.20. The molecule has 1 aromatic heterocycles. The normalized spacial score (nSPS) is 11.8. The largest absolute Gasteiger partial charge is 0.465 e. The highest BCUT2D eigenvalue weighted by Gasteiger charge is 2.26. The molecule has 0 saturated heterocycles. The summed E-state index contributed by atoms with van der Waals surface area (Å²) in [6, 6.07) is 9.97. The maximum absolute atomic E-state index is 12.5. The van der Waals surface area contributed by atoms with Gasteiger partial charge in [-0.1, -0.05) is 44.2 Å². The van der Waals surface area contributed by atoms with Gasteiger partial charge < -0.3 is 19.2 Å². The molecule has 0 bridgehead atoms. The zero-order valence-electron chi connectivity index (χ0n) is 16.5. The monoisotopic (exact) mass is 387 g/mol. The molecule has 1 heterocycles. The Labute approximate surface area is 164 Å². The molecule has 150 valence electrons. The minimum absolute atomic E-state index is 0.144. The van der Waals surface area contributed by atoms with E-state index in [-0.39, 0.29) is 30.4 Å². The summed E-state index contributed by atoms with van der Waals surface area (Å²) in [5, 5.41) is 2.73. The van der Waals surface area contributed by atoms with Crippen LogP contribution in [0.1, 0.15) is 41.3 Å². The number of nitrogens with one attached hydrogen (secondary N) is 1. The molecule has 1 amide bonds. The number of furan rings is 1. The van der Waals surface area contributed by atoms with Gasteiger partial charge in [0.25, 0.3) is 0 Å². The van der Waals surface area contributed by atoms with Gasteiger partial charge in [0.1, 0.15) is 29.7 Å². The van der Waals surface area contributed by atoms with Crippen molar-refractivity contribution >= 4 is 17.8 Å². The van der Waals surface area contributed by atoms with Crippen molar-refractivity contribution in [3.8, 4) is 0 Å². The van der Waals surface area contributed by atoms with Gasteiger partial charge in [0, 0.05) is 0 Å². The van der Waals surface area contributed by atoms with E-state index in [0.29, 0.717) is 11.5 Å². The lowest BCUT2D eigenvalue weighted by atomic mass is 10.0. The van der Waals surface area contributed by atoms with E-state index >= 15 is 0 Å². The quantitative estimate of drug-likeness (QED) is 0.700. The molecule has 0 radical (unpaired) electrons. The molecule has 0 aliphatic heterocycles. The van der Waals surface area contributed by atoms with E-state index in [9.17, 15) is 14.4 Å². The van der Waals surface area contributed by atoms with Crippen LogP contribution in [0.2, 0.25) is 0 Å². The van der Waals surface area contributed by atoms with Crippen molar-refractivity contribution in [2.75, 3.05) is 7.11 Å². The van der Waals surface area contributed by atoms with E-state index < -0.39 is 18.0 Å². The molecule has 28 heavy (non-hydrogen) atoms. The number of hydrogen-bond acceptors (Lipinski definition) is 6. The lowest BCUT2D eigenvalue weighted by molar-refractivity contribution is -0.151. The van der Waals surface area contributed by atoms with E-state index in [0.717, 1.165) is 5.56 Å². The number of benzene rings is 1. The molecule has 0 saturated carbocycles. The van der Waals surface area contributed by atoms with Crippen LogP contribution in [0.15, 0.2) is 40.8 Å². The fraction of sp³-hybridized carbons (Fsp3) is 0.381. The number of methoxy groups -OCH3 is 1. The number of ether oxygens (including phenoxy) is 2. The third-order valence-electron chi connectivity index (χ3n) is 4.18. The topological polar surface area (TPSA) is 94.8 Å². The summed E-state index contributed by atoms with van der Waals surface area (Å²) in [5.41, 5.74) is 1.14. The fourth-order valence-corrected chi connectivity index (χ4v) is 2.66. The van der Waals surface area contributed by atoms with Gasteiger partial charge in [-0.15, -0.1) is 0 Å². The van der Waals surface area contributed by atoms with Crippen LogP contribution >= 0.6 is 0 Å². The summed E-state index contributed by atoms with van der Waals surface area (Å²) < 4.78 is 15.4. The summed E-state index contributed by atoms with van der Waals surface area (Å²) >= 11 is 0. The smallest absolute Gasteiger partial charge is 0.341 e. The van der Waals surface area contributed by atoms with Crippen LogP contribution in [-0.2, 0) is 32.1 Å². The second kappa shape index (κ2) is 9.73. The van der Waals surface area contributed by atoms with E-state index in [1.54, 1.807) is 6.92 Å². The highest BCUT2D eigenvalue weighted by molar-refractivity contribution is 5.90. The van der Waals surface area contributed by atoms with Crippen LogP contribution in [0.5, 0.6) is 0 Å². The van der Waals surface area contributed by atoms with Gasteiger partial charge in [0.15, 0.2) is 0 Å². The van der Waals surface area contributed by atoms with Gasteiger partial charge in [-0.2, -0.15) is 0 Å². The first-order valence-corrected chi connectivity index (χ1v) is 8.99. The van der Waals surface area contributed by atoms with Crippen molar-refractivity contribution in [1.82, 2.24) is 5.32 Å². The Kier molecular flexibility index (Phi) is 7.37. The number of aryl methyl sites for hydroxylation is 1. The molecule has 1 atom stereocenters. The van der Waals surface area contributed by atoms with Crippen molar-refractivity contribution in [3.05, 3.63) is 59.0 Å². The number of hydrogen-bond donors (Lipinski definition) is 1. The molecule has 0 spiro atoms. The standard InChI is InChI=1S/C21H25NO6/c1-13(2)19(22-18(23)10-15-8-6-5-7-9-15)21(25)27-12-16-11-17(14(3)28-16)20(24)26-4/h5-9,11,13,19H,10,12H2,1-4H3,(H,22,23)/t19-/m0/s1. The summed E-state index contributed by atoms with van der Waals surface area (Å²) in [4.78, 5) is 36.3. The van der Waals surface area contributed by atoms with Crippen LogP contribution in [0.3, 0.4) is 0 Å². The predicted octanol–water partition coefficient (Wildman–Crippen LogP) is 2.80. The second-order valence-corrected chi connectivity index (χ2v) is 6.73. The van der Waals surface area contributed by atoms with Gasteiger partial charge in [0.2, 0.25) is 5.91 Å². The van der Waals surface area contributed by atoms with Crippen molar-refractivity contribution in [3.63, 3.8) is 0 Å². The first kappa shape index (κ1) is 21.2. The highest BCUT2D eigenvalue weighted by Crippen LogP contribution is 2.17. The fourth-order valence-electron chi connectivity index (χ4n) is 2.66. The lowest BCUT2D eigenvalue weighted by Crippen LogP contribution is -2.45. The Morgan fingerprint density at radius 3 is 2.43 bits per heavy atom. The molecular weight excluding hydrogens is 362 g/mol. The Hall–Kier alpha value is -3.09. The van der Waals surface area contributed by atoms with Crippen molar-refractivity contribution in [2.24, 2.45) is 5.92 Å². The predicted molar refractivity (Wildman–Crippen MR) is 101 cm³/mol. The first-order valence-electron chi connectivity index (χ1n) is 8.99. The molecule has 1 N–H and O–H groups in total. The van der Waals surface area contributed by atoms with Gasteiger partial charge in [-0.25, -0.2) is 9.59 Å². The Morgan fingerprint density at radius 1 is 1.14 bits per heavy atom. The molecular formula is C21H25NO6. The third kappa shape index (κ3) is 5.70. The summed E-state index contributed by atoms with van der Waals surface area (Å²) in [7, 11) is 1.28. The summed E-state index contributed by atoms with van der Waals surface area (Å²) in [6.07, 6.45) is 0.178. The molecule has 7 nitrogen and oxygen atoms in total. The molecule has 7 heteroatoms.